The van der Waals surface area contributed by atoms with Gasteiger partial charge in [0.25, 0.3) is 0 Å². The second kappa shape index (κ2) is 5.03. The molecule has 4 N–H and O–H groups in total. The van der Waals surface area contributed by atoms with E-state index in [-0.39, 0.29) is 17.9 Å². The molecular weight excluding hydrogens is 289 g/mol. The first-order valence-corrected chi connectivity index (χ1v) is 5.13. The molecule has 0 unspecified atom stereocenters. The maximum absolute atomic E-state index is 12.1. The number of ether oxygens (including phenoxy) is 1. The van der Waals surface area contributed by atoms with E-state index in [4.69, 9.17) is 11.5 Å². The van der Waals surface area contributed by atoms with Crippen LogP contribution >= 0.6 is 15.9 Å². The minimum absolute atomic E-state index is 0.0324. The summed E-state index contributed by atoms with van der Waals surface area (Å²) in [6, 6.07) is 3.39. The summed E-state index contributed by atoms with van der Waals surface area (Å²) in [5, 5.41) is 0. The van der Waals surface area contributed by atoms with Gasteiger partial charge in [-0.1, -0.05) is 15.9 Å². The van der Waals surface area contributed by atoms with Gasteiger partial charge in [-0.2, -0.15) is 0 Å². The zero-order chi connectivity index (χ0) is 12.3. The Morgan fingerprint density at radius 2 is 2.00 bits per heavy atom. The van der Waals surface area contributed by atoms with Crippen molar-refractivity contribution in [1.82, 2.24) is 0 Å². The van der Waals surface area contributed by atoms with Crippen molar-refractivity contribution in [2.75, 3.05) is 6.54 Å². The van der Waals surface area contributed by atoms with E-state index in [1.807, 2.05) is 0 Å². The quantitative estimate of drug-likeness (QED) is 0.900. The summed E-state index contributed by atoms with van der Waals surface area (Å²) < 4.78 is 40.7. The van der Waals surface area contributed by atoms with Crippen LogP contribution < -0.4 is 16.2 Å². The van der Waals surface area contributed by atoms with E-state index in [9.17, 15) is 13.2 Å². The number of nitrogens with two attached hydrogens (primary N) is 2. The fraction of sp³-hybridized carbons (Fsp3) is 0.333. The average molecular weight is 299 g/mol. The lowest BCUT2D eigenvalue weighted by atomic mass is 10.1. The lowest BCUT2D eigenvalue weighted by Gasteiger charge is -2.17. The van der Waals surface area contributed by atoms with Crippen molar-refractivity contribution >= 4 is 15.9 Å². The average Bonchev–Trinajstić information content (AvgIpc) is 2.17. The summed E-state index contributed by atoms with van der Waals surface area (Å²) in [7, 11) is 0. The third kappa shape index (κ3) is 3.66. The SMILES string of the molecule is NC[C@@H](N)c1cc(Br)ccc1OC(F)(F)F. The first kappa shape index (κ1) is 13.3. The molecule has 1 rings (SSSR count). The molecule has 0 heterocycles. The first-order valence-electron chi connectivity index (χ1n) is 4.34. The number of rotatable bonds is 3. The van der Waals surface area contributed by atoms with Gasteiger partial charge in [0.1, 0.15) is 5.75 Å². The zero-order valence-corrected chi connectivity index (χ0v) is 9.68. The molecule has 90 valence electrons. The Hall–Kier alpha value is -0.790. The van der Waals surface area contributed by atoms with Crippen LogP contribution in [0.2, 0.25) is 0 Å². The molecule has 0 saturated heterocycles. The molecule has 1 aromatic carbocycles. The summed E-state index contributed by atoms with van der Waals surface area (Å²) in [5.74, 6) is -0.325. The number of benzene rings is 1. The van der Waals surface area contributed by atoms with E-state index in [0.717, 1.165) is 0 Å². The first-order chi connectivity index (χ1) is 7.33. The van der Waals surface area contributed by atoms with Gasteiger partial charge >= 0.3 is 6.36 Å². The molecule has 0 bridgehead atoms. The number of alkyl halides is 3. The third-order valence-corrected chi connectivity index (χ3v) is 2.34. The Labute approximate surface area is 98.7 Å². The van der Waals surface area contributed by atoms with Crippen LogP contribution in [0.3, 0.4) is 0 Å². The molecule has 1 atom stereocenters. The van der Waals surface area contributed by atoms with Crippen LogP contribution in [0.4, 0.5) is 13.2 Å². The van der Waals surface area contributed by atoms with Crippen molar-refractivity contribution in [1.29, 1.82) is 0 Å². The van der Waals surface area contributed by atoms with Crippen LogP contribution in [0, 0.1) is 0 Å². The van der Waals surface area contributed by atoms with Gasteiger partial charge in [-0.3, -0.25) is 0 Å². The van der Waals surface area contributed by atoms with Gasteiger partial charge in [0.05, 0.1) is 0 Å². The summed E-state index contributed by atoms with van der Waals surface area (Å²) >= 11 is 3.14. The molecular formula is C9H10BrF3N2O. The summed E-state index contributed by atoms with van der Waals surface area (Å²) in [5.41, 5.74) is 11.1. The van der Waals surface area contributed by atoms with Gasteiger partial charge in [-0.25, -0.2) is 0 Å². The lowest BCUT2D eigenvalue weighted by Crippen LogP contribution is -2.24. The van der Waals surface area contributed by atoms with E-state index in [0.29, 0.717) is 4.47 Å². The topological polar surface area (TPSA) is 61.3 Å². The lowest BCUT2D eigenvalue weighted by molar-refractivity contribution is -0.275. The van der Waals surface area contributed by atoms with Gasteiger partial charge in [0.15, 0.2) is 0 Å². The van der Waals surface area contributed by atoms with Crippen molar-refractivity contribution in [2.45, 2.75) is 12.4 Å². The molecule has 0 aliphatic rings. The van der Waals surface area contributed by atoms with Gasteiger partial charge < -0.3 is 16.2 Å². The molecule has 0 radical (unpaired) electrons. The Balaban J connectivity index is 3.07. The monoisotopic (exact) mass is 298 g/mol. The molecule has 0 spiro atoms. The predicted octanol–water partition coefficient (Wildman–Crippen LogP) is 2.31. The van der Waals surface area contributed by atoms with Gasteiger partial charge in [-0.15, -0.1) is 13.2 Å². The van der Waals surface area contributed by atoms with Crippen LogP contribution in [0.15, 0.2) is 22.7 Å². The van der Waals surface area contributed by atoms with Crippen molar-refractivity contribution in [3.05, 3.63) is 28.2 Å². The van der Waals surface area contributed by atoms with Crippen molar-refractivity contribution < 1.29 is 17.9 Å². The molecule has 16 heavy (non-hydrogen) atoms. The Morgan fingerprint density at radius 3 is 2.50 bits per heavy atom. The van der Waals surface area contributed by atoms with E-state index in [2.05, 4.69) is 20.7 Å². The number of hydrogen-bond acceptors (Lipinski definition) is 3. The van der Waals surface area contributed by atoms with Crippen molar-refractivity contribution in [2.24, 2.45) is 11.5 Å². The Bertz CT molecular complexity index is 370. The van der Waals surface area contributed by atoms with Crippen LogP contribution in [0.5, 0.6) is 5.75 Å². The van der Waals surface area contributed by atoms with Crippen molar-refractivity contribution in [3.8, 4) is 5.75 Å². The largest absolute Gasteiger partial charge is 0.573 e. The second-order valence-electron chi connectivity index (χ2n) is 3.07. The number of hydrogen-bond donors (Lipinski definition) is 2. The normalized spacial score (nSPS) is 13.6. The number of halogens is 4. The van der Waals surface area contributed by atoms with E-state index in [1.54, 1.807) is 0 Å². The molecule has 0 amide bonds. The van der Waals surface area contributed by atoms with Gasteiger partial charge in [0, 0.05) is 22.6 Å². The van der Waals surface area contributed by atoms with E-state index in [1.165, 1.54) is 18.2 Å². The van der Waals surface area contributed by atoms with Crippen LogP contribution in [0.25, 0.3) is 0 Å². The van der Waals surface area contributed by atoms with Crippen LogP contribution in [-0.2, 0) is 0 Å². The van der Waals surface area contributed by atoms with Crippen LogP contribution in [-0.4, -0.2) is 12.9 Å². The van der Waals surface area contributed by atoms with E-state index < -0.39 is 12.4 Å². The highest BCUT2D eigenvalue weighted by Gasteiger charge is 2.32. The van der Waals surface area contributed by atoms with Gasteiger partial charge in [0.2, 0.25) is 0 Å². The maximum atomic E-state index is 12.1. The Kier molecular flexibility index (Phi) is 4.17. The minimum atomic E-state index is -4.74. The highest BCUT2D eigenvalue weighted by molar-refractivity contribution is 9.10. The van der Waals surface area contributed by atoms with Crippen molar-refractivity contribution in [3.63, 3.8) is 0 Å². The molecule has 0 aromatic heterocycles. The third-order valence-electron chi connectivity index (χ3n) is 1.85. The van der Waals surface area contributed by atoms with Crippen LogP contribution in [0.1, 0.15) is 11.6 Å². The highest BCUT2D eigenvalue weighted by atomic mass is 79.9. The summed E-state index contributed by atoms with van der Waals surface area (Å²) in [4.78, 5) is 0. The highest BCUT2D eigenvalue weighted by Crippen LogP contribution is 2.31. The maximum Gasteiger partial charge on any atom is 0.573 e. The molecule has 0 aliphatic heterocycles. The Morgan fingerprint density at radius 1 is 1.38 bits per heavy atom. The molecule has 3 nitrogen and oxygen atoms in total. The molecule has 7 heteroatoms. The van der Waals surface area contributed by atoms with E-state index >= 15 is 0 Å². The second-order valence-corrected chi connectivity index (χ2v) is 3.99. The fourth-order valence-corrected chi connectivity index (χ4v) is 1.53. The molecule has 0 fully saturated rings. The molecule has 0 saturated carbocycles. The zero-order valence-electron chi connectivity index (χ0n) is 8.09. The van der Waals surface area contributed by atoms with Gasteiger partial charge in [-0.05, 0) is 18.2 Å². The molecule has 0 aliphatic carbocycles. The minimum Gasteiger partial charge on any atom is -0.405 e. The predicted molar refractivity (Wildman–Crippen MR) is 56.8 cm³/mol. The summed E-state index contributed by atoms with van der Waals surface area (Å²) in [6.45, 7) is 0.0324. The molecule has 1 aromatic rings. The fourth-order valence-electron chi connectivity index (χ4n) is 1.15. The standard InChI is InChI=1S/C9H10BrF3N2O/c10-5-1-2-8(16-9(11,12)13)6(3-5)7(15)4-14/h1-3,7H,4,14-15H2/t7-/m1/s1. The smallest absolute Gasteiger partial charge is 0.405 e. The summed E-state index contributed by atoms with van der Waals surface area (Å²) in [6.07, 6.45) is -4.74.